The predicted molar refractivity (Wildman–Crippen MR) is 135 cm³/mol. The van der Waals surface area contributed by atoms with Gasteiger partial charge in [-0.05, 0) is 37.6 Å². The van der Waals surface area contributed by atoms with E-state index in [9.17, 15) is 18.8 Å². The lowest BCUT2D eigenvalue weighted by atomic mass is 10.0. The maximum atomic E-state index is 13.8. The Morgan fingerprint density at radius 3 is 2.39 bits per heavy atom. The van der Waals surface area contributed by atoms with E-state index in [1.165, 1.54) is 26.3 Å². The van der Waals surface area contributed by atoms with E-state index in [2.05, 4.69) is 17.1 Å². The van der Waals surface area contributed by atoms with Gasteiger partial charge in [0, 0.05) is 63.5 Å². The zero-order chi connectivity index (χ0) is 26.1. The lowest BCUT2D eigenvalue weighted by Crippen LogP contribution is -2.57. The van der Waals surface area contributed by atoms with Gasteiger partial charge < -0.3 is 19.5 Å². The molecule has 8 nitrogen and oxygen atoms in total. The highest BCUT2D eigenvalue weighted by molar-refractivity contribution is 6.45. The number of ether oxygens (including phenoxy) is 1. The molecule has 9 heteroatoms. The van der Waals surface area contributed by atoms with E-state index < -0.39 is 11.7 Å². The molecule has 190 valence electrons. The molecule has 2 aromatic carbocycles. The van der Waals surface area contributed by atoms with Gasteiger partial charge in [0.05, 0.1) is 23.8 Å². The lowest BCUT2D eigenvalue weighted by molar-refractivity contribution is -0.116. The molecule has 0 radical (unpaired) electrons. The minimum absolute atomic E-state index is 0.0760. The number of nitrogens with one attached hydrogen (secondary N) is 1. The Balaban J connectivity index is 1.63. The van der Waals surface area contributed by atoms with Gasteiger partial charge in [0.2, 0.25) is 0 Å². The van der Waals surface area contributed by atoms with Gasteiger partial charge >= 0.3 is 0 Å². The normalized spacial score (nSPS) is 18.3. The van der Waals surface area contributed by atoms with Gasteiger partial charge in [-0.15, -0.1) is 0 Å². The van der Waals surface area contributed by atoms with Gasteiger partial charge in [0.25, 0.3) is 17.6 Å². The highest BCUT2D eigenvalue weighted by atomic mass is 19.1. The Kier molecular flexibility index (Phi) is 7.12. The van der Waals surface area contributed by atoms with Gasteiger partial charge in [0.1, 0.15) is 11.6 Å². The minimum atomic E-state index is -0.717. The maximum absolute atomic E-state index is 13.8. The third-order valence-corrected chi connectivity index (χ3v) is 6.89. The van der Waals surface area contributed by atoms with Crippen LogP contribution >= 0.6 is 0 Å². The number of halogens is 1. The first kappa shape index (κ1) is 25.4. The number of piperazine rings is 1. The summed E-state index contributed by atoms with van der Waals surface area (Å²) in [5.74, 6) is -1.44. The smallest absolute Gasteiger partial charge is 0.292 e. The van der Waals surface area contributed by atoms with Crippen molar-refractivity contribution in [1.82, 2.24) is 19.7 Å². The van der Waals surface area contributed by atoms with E-state index in [0.717, 1.165) is 5.56 Å². The van der Waals surface area contributed by atoms with Gasteiger partial charge in [-0.2, -0.15) is 0 Å². The van der Waals surface area contributed by atoms with E-state index in [4.69, 9.17) is 4.74 Å². The van der Waals surface area contributed by atoms with E-state index in [0.29, 0.717) is 41.9 Å². The second-order valence-corrected chi connectivity index (χ2v) is 9.34. The lowest BCUT2D eigenvalue weighted by Gasteiger charge is -2.44. The average molecular weight is 495 g/mol. The first-order chi connectivity index (χ1) is 17.1. The molecule has 0 bridgehead atoms. The molecule has 2 heterocycles. The molecule has 1 aromatic heterocycles. The van der Waals surface area contributed by atoms with E-state index in [1.807, 2.05) is 11.8 Å². The van der Waals surface area contributed by atoms with Crippen LogP contribution in [0.1, 0.15) is 40.1 Å². The first-order valence-corrected chi connectivity index (χ1v) is 11.9. The van der Waals surface area contributed by atoms with E-state index in [1.54, 1.807) is 42.1 Å². The summed E-state index contributed by atoms with van der Waals surface area (Å²) in [7, 11) is 4.68. The van der Waals surface area contributed by atoms with E-state index >= 15 is 0 Å². The molecule has 2 unspecified atom stereocenters. The molecule has 2 amide bonds. The number of carbonyl (C=O) groups excluding carboxylic acids is 3. The summed E-state index contributed by atoms with van der Waals surface area (Å²) in [6.07, 6.45) is 1.59. The quantitative estimate of drug-likeness (QED) is 0.421. The molecule has 0 saturated carbocycles. The summed E-state index contributed by atoms with van der Waals surface area (Å²) in [5.41, 5.74) is 2.27. The Bertz CT molecular complexity index is 1320. The number of Topliss-reactive ketones (excluding diaryl/α,β-unsaturated/α-hetero) is 1. The summed E-state index contributed by atoms with van der Waals surface area (Å²) in [5, 5.41) is 2.88. The Labute approximate surface area is 209 Å². The molecular weight excluding hydrogens is 463 g/mol. The third kappa shape index (κ3) is 4.70. The monoisotopic (exact) mass is 494 g/mol. The molecule has 1 N–H and O–H groups in total. The van der Waals surface area contributed by atoms with Crippen molar-refractivity contribution in [2.24, 2.45) is 7.05 Å². The summed E-state index contributed by atoms with van der Waals surface area (Å²) >= 11 is 0. The van der Waals surface area contributed by atoms with Crippen molar-refractivity contribution in [1.29, 1.82) is 0 Å². The molecule has 0 aliphatic carbocycles. The van der Waals surface area contributed by atoms with Crippen LogP contribution in [0.25, 0.3) is 10.9 Å². The fourth-order valence-corrected chi connectivity index (χ4v) is 4.84. The average Bonchev–Trinajstić information content (AvgIpc) is 3.20. The molecule has 0 spiro atoms. The molecule has 1 aliphatic rings. The number of rotatable bonds is 6. The number of methoxy groups -OCH3 is 1. The van der Waals surface area contributed by atoms with Crippen molar-refractivity contribution >= 4 is 28.5 Å². The molecule has 3 aromatic rings. The highest BCUT2D eigenvalue weighted by Crippen LogP contribution is 2.32. The summed E-state index contributed by atoms with van der Waals surface area (Å²) in [4.78, 5) is 42.6. The number of hydrogen-bond donors (Lipinski definition) is 1. The molecular formula is C27H31FN4O4. The number of carbonyl (C=O) groups is 3. The number of fused-ring (bicyclic) bond motifs is 1. The highest BCUT2D eigenvalue weighted by Gasteiger charge is 2.34. The van der Waals surface area contributed by atoms with Crippen LogP contribution < -0.4 is 10.1 Å². The topological polar surface area (TPSA) is 83.9 Å². The number of hydrogen-bond acceptors (Lipinski definition) is 5. The summed E-state index contributed by atoms with van der Waals surface area (Å²) < 4.78 is 20.6. The predicted octanol–water partition coefficient (Wildman–Crippen LogP) is 2.99. The van der Waals surface area contributed by atoms with Crippen molar-refractivity contribution in [3.63, 3.8) is 0 Å². The summed E-state index contributed by atoms with van der Waals surface area (Å²) in [6.45, 7) is 5.88. The van der Waals surface area contributed by atoms with Gasteiger partial charge in [0.15, 0.2) is 0 Å². The zero-order valence-corrected chi connectivity index (χ0v) is 21.2. The number of aromatic nitrogens is 1. The molecule has 4 rings (SSSR count). The molecule has 1 fully saturated rings. The zero-order valence-electron chi connectivity index (χ0n) is 21.2. The van der Waals surface area contributed by atoms with E-state index in [-0.39, 0.29) is 29.4 Å². The molecule has 2 atom stereocenters. The fourth-order valence-electron chi connectivity index (χ4n) is 4.84. The van der Waals surface area contributed by atoms with Crippen LogP contribution in [-0.2, 0) is 18.4 Å². The van der Waals surface area contributed by atoms with Crippen LogP contribution in [0.4, 0.5) is 4.39 Å². The standard InChI is InChI=1S/C27H31FN4O4/c1-16-13-32(17(2)12-31(16)14-18-6-8-19(28)9-7-18)27(35)21-10-20-22(25(33)26(34)29-3)15-30(4)23(20)11-24(21)36-5/h6-11,15-17H,12-14H2,1-5H3,(H,29,34). The first-order valence-electron chi connectivity index (χ1n) is 11.9. The maximum Gasteiger partial charge on any atom is 0.292 e. The summed E-state index contributed by atoms with van der Waals surface area (Å²) in [6, 6.07) is 9.83. The van der Waals surface area contributed by atoms with Crippen molar-refractivity contribution in [2.45, 2.75) is 32.5 Å². The number of nitrogens with zero attached hydrogens (tertiary/aromatic N) is 3. The van der Waals surface area contributed by atoms with Crippen LogP contribution in [0.5, 0.6) is 5.75 Å². The third-order valence-electron chi connectivity index (χ3n) is 6.89. The number of aryl methyl sites for hydroxylation is 1. The Hall–Kier alpha value is -3.72. The molecule has 1 aliphatic heterocycles. The second kappa shape index (κ2) is 10.1. The Morgan fingerprint density at radius 1 is 1.06 bits per heavy atom. The van der Waals surface area contributed by atoms with Crippen molar-refractivity contribution in [3.8, 4) is 5.75 Å². The van der Waals surface area contributed by atoms with Crippen LogP contribution in [0.15, 0.2) is 42.6 Å². The number of ketones is 1. The SMILES string of the molecule is CNC(=O)C(=O)c1cn(C)c2cc(OC)c(C(=O)N3CC(C)N(Cc4ccc(F)cc4)CC3C)cc12. The van der Waals surface area contributed by atoms with Gasteiger partial charge in [-0.3, -0.25) is 19.3 Å². The number of benzene rings is 2. The molecule has 1 saturated heterocycles. The van der Waals surface area contributed by atoms with Crippen molar-refractivity contribution in [3.05, 3.63) is 65.1 Å². The minimum Gasteiger partial charge on any atom is -0.496 e. The van der Waals surface area contributed by atoms with Crippen LogP contribution in [0.3, 0.4) is 0 Å². The van der Waals surface area contributed by atoms with Gasteiger partial charge in [-0.1, -0.05) is 12.1 Å². The molecule has 36 heavy (non-hydrogen) atoms. The van der Waals surface area contributed by atoms with Crippen molar-refractivity contribution in [2.75, 3.05) is 27.2 Å². The Morgan fingerprint density at radius 2 is 1.75 bits per heavy atom. The number of likely N-dealkylation sites (N-methyl/N-ethyl adjacent to an activating group) is 1. The van der Waals surface area contributed by atoms with Gasteiger partial charge in [-0.25, -0.2) is 4.39 Å². The van der Waals surface area contributed by atoms with Crippen LogP contribution in [0.2, 0.25) is 0 Å². The largest absolute Gasteiger partial charge is 0.496 e. The number of amides is 2. The van der Waals surface area contributed by atoms with Crippen LogP contribution in [-0.4, -0.2) is 71.3 Å². The second-order valence-electron chi connectivity index (χ2n) is 9.34. The van der Waals surface area contributed by atoms with Crippen molar-refractivity contribution < 1.29 is 23.5 Å². The fraction of sp³-hybridized carbons (Fsp3) is 0.370. The van der Waals surface area contributed by atoms with Crippen LogP contribution in [0, 0.1) is 5.82 Å².